The summed E-state index contributed by atoms with van der Waals surface area (Å²) in [6.45, 7) is 5.93. The van der Waals surface area contributed by atoms with Gasteiger partial charge in [0.1, 0.15) is 24.0 Å². The minimum absolute atomic E-state index is 0.0117. The van der Waals surface area contributed by atoms with Crippen molar-refractivity contribution in [2.24, 2.45) is 16.0 Å². The Morgan fingerprint density at radius 3 is 2.64 bits per heavy atom. The molecule has 11 heteroatoms. The Hall–Kier alpha value is -4.01. The number of nitrogens with one attached hydrogen (secondary N) is 2. The number of hydrogen-bond acceptors (Lipinski definition) is 8. The molecule has 2 aliphatic heterocycles. The number of aliphatic imine (C=N–C) groups is 1. The summed E-state index contributed by atoms with van der Waals surface area (Å²) in [5.41, 5.74) is 0.502. The van der Waals surface area contributed by atoms with Crippen LogP contribution in [0.25, 0.3) is 0 Å². The Balaban J connectivity index is 0.000000197. The Morgan fingerprint density at radius 2 is 1.98 bits per heavy atom. The van der Waals surface area contributed by atoms with Crippen molar-refractivity contribution in [1.29, 1.82) is 0 Å². The summed E-state index contributed by atoms with van der Waals surface area (Å²) in [6.07, 6.45) is 6.25. The molecular weight excluding hydrogens is 543 g/mol. The molecule has 0 bridgehead atoms. The molecule has 5 rings (SSSR count). The molecule has 3 aliphatic rings. The lowest BCUT2D eigenvalue weighted by atomic mass is 10.0. The molecule has 1 aliphatic carbocycles. The van der Waals surface area contributed by atoms with E-state index in [1.54, 1.807) is 6.20 Å². The summed E-state index contributed by atoms with van der Waals surface area (Å²) in [6, 6.07) is 7.59. The topological polar surface area (TPSA) is 85.2 Å². The molecule has 1 unspecified atom stereocenters. The number of allylic oxidation sites excluding steroid dienone is 1. The average molecular weight is 580 g/mol. The quantitative estimate of drug-likeness (QED) is 0.287. The molecule has 1 saturated heterocycles. The van der Waals surface area contributed by atoms with E-state index in [9.17, 15) is 18.0 Å². The number of nitrogens with zero attached hydrogens (tertiary/aromatic N) is 5. The highest BCUT2D eigenvalue weighted by molar-refractivity contribution is 5.95. The van der Waals surface area contributed by atoms with E-state index in [0.717, 1.165) is 49.5 Å². The van der Waals surface area contributed by atoms with Gasteiger partial charge in [0.2, 0.25) is 0 Å². The zero-order valence-corrected chi connectivity index (χ0v) is 23.9. The van der Waals surface area contributed by atoms with E-state index >= 15 is 0 Å². The zero-order valence-electron chi connectivity index (χ0n) is 23.9. The average Bonchev–Trinajstić information content (AvgIpc) is 3.75. The maximum atomic E-state index is 13.0. The van der Waals surface area contributed by atoms with Crippen molar-refractivity contribution in [3.05, 3.63) is 70.9 Å². The van der Waals surface area contributed by atoms with Crippen LogP contribution in [0, 0.1) is 17.8 Å². The van der Waals surface area contributed by atoms with Crippen LogP contribution in [0.2, 0.25) is 0 Å². The Labute approximate surface area is 244 Å². The van der Waals surface area contributed by atoms with Crippen molar-refractivity contribution in [3.8, 4) is 11.8 Å². The summed E-state index contributed by atoms with van der Waals surface area (Å²) < 4.78 is 38.9. The van der Waals surface area contributed by atoms with Crippen LogP contribution < -0.4 is 10.6 Å². The van der Waals surface area contributed by atoms with Crippen molar-refractivity contribution in [3.63, 3.8) is 0 Å². The van der Waals surface area contributed by atoms with Gasteiger partial charge in [0, 0.05) is 63.3 Å². The predicted octanol–water partition coefficient (Wildman–Crippen LogP) is 4.45. The number of carbonyl (C=O) groups excluding carboxylic acids is 1. The third-order valence-electron chi connectivity index (χ3n) is 6.87. The van der Waals surface area contributed by atoms with Crippen LogP contribution in [0.1, 0.15) is 46.8 Å². The number of aldehydes is 1. The highest BCUT2D eigenvalue weighted by Gasteiger charge is 2.34. The van der Waals surface area contributed by atoms with Gasteiger partial charge in [-0.1, -0.05) is 30.0 Å². The first-order chi connectivity index (χ1) is 20.3. The molecule has 2 aromatic rings. The molecule has 1 atom stereocenters. The zero-order chi connectivity index (χ0) is 30.0. The fraction of sp³-hybridized carbons (Fsp3) is 0.419. The standard InChI is InChI=1S/C18H21N5.C13H15F3N2O/c1-3-4-18-21-13-16(23(18)22-12-15-5-6-15)8-7-14-9-10-20-17(11-14)19-2;14-13(15,16)12-7-10(9-19)1-2-11(12)8-18-5-3-17-4-6-18/h3-4,9-12,15-16H,5-6,13H2,1-2H3,(H,19,20);1-2,7,9,17H,3-6,8H2/b4-3-,22-12+;. The van der Waals surface area contributed by atoms with Crippen molar-refractivity contribution >= 4 is 24.2 Å². The molecule has 2 fully saturated rings. The number of benzene rings is 1. The van der Waals surface area contributed by atoms with E-state index in [4.69, 9.17) is 0 Å². The van der Waals surface area contributed by atoms with Gasteiger partial charge in [-0.15, -0.1) is 0 Å². The van der Waals surface area contributed by atoms with Crippen molar-refractivity contribution in [1.82, 2.24) is 20.2 Å². The van der Waals surface area contributed by atoms with Gasteiger partial charge in [-0.3, -0.25) is 14.7 Å². The van der Waals surface area contributed by atoms with Crippen LogP contribution in [-0.2, 0) is 12.7 Å². The molecular formula is C31H36F3N7O. The summed E-state index contributed by atoms with van der Waals surface area (Å²) in [5.74, 6) is 8.84. The van der Waals surface area contributed by atoms with Gasteiger partial charge in [0.05, 0.1) is 12.1 Å². The molecule has 3 heterocycles. The first-order valence-corrected chi connectivity index (χ1v) is 14.0. The molecule has 1 saturated carbocycles. The lowest BCUT2D eigenvalue weighted by molar-refractivity contribution is -0.138. The number of amidine groups is 1. The number of carbonyl (C=O) groups is 1. The predicted molar refractivity (Wildman–Crippen MR) is 160 cm³/mol. The SMILES string of the molecule is C/C=C\C1=NCC(C#Cc2ccnc(NC)c2)N1/N=C/C1CC1.O=Cc1ccc(CN2CCNCC2)c(C(F)(F)F)c1. The largest absolute Gasteiger partial charge is 0.416 e. The molecule has 42 heavy (non-hydrogen) atoms. The number of hydrazone groups is 1. The second kappa shape index (κ2) is 14.8. The Morgan fingerprint density at radius 1 is 1.19 bits per heavy atom. The van der Waals surface area contributed by atoms with Crippen LogP contribution in [-0.4, -0.2) is 79.0 Å². The monoisotopic (exact) mass is 579 g/mol. The summed E-state index contributed by atoms with van der Waals surface area (Å²) in [4.78, 5) is 21.3. The van der Waals surface area contributed by atoms with E-state index in [1.807, 2.05) is 54.4 Å². The highest BCUT2D eigenvalue weighted by atomic mass is 19.4. The van der Waals surface area contributed by atoms with Gasteiger partial charge >= 0.3 is 6.18 Å². The van der Waals surface area contributed by atoms with Crippen molar-refractivity contribution < 1.29 is 18.0 Å². The fourth-order valence-corrected chi connectivity index (χ4v) is 4.42. The third-order valence-corrected chi connectivity index (χ3v) is 6.87. The Bertz CT molecular complexity index is 1370. The molecule has 1 aromatic heterocycles. The number of alkyl halides is 3. The highest BCUT2D eigenvalue weighted by Crippen LogP contribution is 2.33. The Kier molecular flexibility index (Phi) is 10.9. The second-order valence-corrected chi connectivity index (χ2v) is 10.2. The van der Waals surface area contributed by atoms with E-state index in [2.05, 4.69) is 37.6 Å². The van der Waals surface area contributed by atoms with Crippen LogP contribution in [0.5, 0.6) is 0 Å². The maximum Gasteiger partial charge on any atom is 0.416 e. The van der Waals surface area contributed by atoms with Crippen molar-refractivity contribution in [2.75, 3.05) is 45.1 Å². The van der Waals surface area contributed by atoms with Gasteiger partial charge in [0.25, 0.3) is 0 Å². The van der Waals surface area contributed by atoms with E-state index < -0.39 is 11.7 Å². The number of pyridine rings is 1. The summed E-state index contributed by atoms with van der Waals surface area (Å²) >= 11 is 0. The lowest BCUT2D eigenvalue weighted by Gasteiger charge is -2.28. The van der Waals surface area contributed by atoms with Gasteiger partial charge in [0.15, 0.2) is 0 Å². The number of piperazine rings is 1. The molecule has 0 radical (unpaired) electrons. The summed E-state index contributed by atoms with van der Waals surface area (Å²) in [7, 11) is 1.85. The summed E-state index contributed by atoms with van der Waals surface area (Å²) in [5, 5.41) is 12.7. The molecule has 0 amide bonds. The molecule has 0 spiro atoms. The van der Waals surface area contributed by atoms with Gasteiger partial charge in [-0.2, -0.15) is 18.3 Å². The van der Waals surface area contributed by atoms with Crippen molar-refractivity contribution in [2.45, 2.75) is 38.5 Å². The van der Waals surface area contributed by atoms with Gasteiger partial charge < -0.3 is 10.6 Å². The first-order valence-electron chi connectivity index (χ1n) is 14.0. The smallest absolute Gasteiger partial charge is 0.373 e. The van der Waals surface area contributed by atoms with E-state index in [0.29, 0.717) is 18.7 Å². The third kappa shape index (κ3) is 8.99. The minimum Gasteiger partial charge on any atom is -0.373 e. The maximum absolute atomic E-state index is 13.0. The number of rotatable bonds is 7. The lowest BCUT2D eigenvalue weighted by Crippen LogP contribution is -2.43. The number of hydrogen-bond donors (Lipinski definition) is 2. The number of halogens is 3. The molecule has 222 valence electrons. The second-order valence-electron chi connectivity index (χ2n) is 10.2. The van der Waals surface area contributed by atoms with E-state index in [1.165, 1.54) is 25.0 Å². The van der Waals surface area contributed by atoms with Gasteiger partial charge in [-0.05, 0) is 55.5 Å². The van der Waals surface area contributed by atoms with Crippen LogP contribution in [0.3, 0.4) is 0 Å². The fourth-order valence-electron chi connectivity index (χ4n) is 4.42. The molecule has 1 aromatic carbocycles. The van der Waals surface area contributed by atoms with Crippen LogP contribution >= 0.6 is 0 Å². The van der Waals surface area contributed by atoms with Gasteiger partial charge in [-0.25, -0.2) is 9.99 Å². The number of aromatic nitrogens is 1. The van der Waals surface area contributed by atoms with Crippen LogP contribution in [0.15, 0.2) is 58.8 Å². The number of anilines is 1. The normalized spacial score (nSPS) is 19.2. The first kappa shape index (κ1) is 30.9. The minimum atomic E-state index is -4.43. The molecule has 2 N–H and O–H groups in total. The molecule has 8 nitrogen and oxygen atoms in total. The van der Waals surface area contributed by atoms with E-state index in [-0.39, 0.29) is 23.7 Å². The van der Waals surface area contributed by atoms with Crippen LogP contribution in [0.4, 0.5) is 19.0 Å².